The van der Waals surface area contributed by atoms with Crippen LogP contribution in [0, 0.1) is 0 Å². The minimum atomic E-state index is -0.124. The summed E-state index contributed by atoms with van der Waals surface area (Å²) < 4.78 is 10.9. The highest BCUT2D eigenvalue weighted by molar-refractivity contribution is 6.32. The first-order valence-corrected chi connectivity index (χ1v) is 8.24. The van der Waals surface area contributed by atoms with Crippen LogP contribution in [0.3, 0.4) is 0 Å². The van der Waals surface area contributed by atoms with Gasteiger partial charge in [-0.3, -0.25) is 4.79 Å². The number of ether oxygens (including phenoxy) is 2. The molecule has 0 atom stereocenters. The van der Waals surface area contributed by atoms with Crippen molar-refractivity contribution in [3.63, 3.8) is 0 Å². The first-order chi connectivity index (χ1) is 11.6. The molecule has 0 heterocycles. The van der Waals surface area contributed by atoms with Crippen LogP contribution in [0.2, 0.25) is 5.02 Å². The Kier molecular flexibility index (Phi) is 6.50. The fourth-order valence-corrected chi connectivity index (χ4v) is 2.60. The maximum absolute atomic E-state index is 12.7. The fourth-order valence-electron chi connectivity index (χ4n) is 2.34. The third kappa shape index (κ3) is 4.42. The van der Waals surface area contributed by atoms with Crippen molar-refractivity contribution in [2.45, 2.75) is 19.9 Å². The third-order valence-corrected chi connectivity index (χ3v) is 3.82. The molecule has 1 amide bonds. The minimum absolute atomic E-state index is 0.124. The van der Waals surface area contributed by atoms with Gasteiger partial charge < -0.3 is 14.4 Å². The van der Waals surface area contributed by atoms with Crippen molar-refractivity contribution in [3.05, 3.63) is 58.6 Å². The molecular weight excluding hydrogens is 326 g/mol. The van der Waals surface area contributed by atoms with Crippen molar-refractivity contribution in [1.82, 2.24) is 4.90 Å². The highest BCUT2D eigenvalue weighted by atomic mass is 35.5. The van der Waals surface area contributed by atoms with E-state index in [-0.39, 0.29) is 5.91 Å². The van der Waals surface area contributed by atoms with Gasteiger partial charge in [0.25, 0.3) is 5.91 Å². The lowest BCUT2D eigenvalue weighted by atomic mass is 10.1. The summed E-state index contributed by atoms with van der Waals surface area (Å²) in [5.74, 6) is 0.816. The molecule has 128 valence electrons. The number of methoxy groups -OCH3 is 1. The van der Waals surface area contributed by atoms with Crippen LogP contribution in [0.15, 0.2) is 42.5 Å². The van der Waals surface area contributed by atoms with E-state index < -0.39 is 0 Å². The Balaban J connectivity index is 2.21. The van der Waals surface area contributed by atoms with Gasteiger partial charge in [-0.25, -0.2) is 0 Å². The predicted molar refractivity (Wildman–Crippen MR) is 96.0 cm³/mol. The number of hydrogen-bond acceptors (Lipinski definition) is 3. The van der Waals surface area contributed by atoms with Gasteiger partial charge in [0.15, 0.2) is 11.5 Å². The maximum Gasteiger partial charge on any atom is 0.254 e. The number of amides is 1. The average Bonchev–Trinajstić information content (AvgIpc) is 2.60. The summed E-state index contributed by atoms with van der Waals surface area (Å²) in [5, 5.41) is 0.374. The zero-order valence-corrected chi connectivity index (χ0v) is 15.0. The summed E-state index contributed by atoms with van der Waals surface area (Å²) in [6.45, 7) is 3.07. The summed E-state index contributed by atoms with van der Waals surface area (Å²) in [7, 11) is 3.30. The van der Waals surface area contributed by atoms with Crippen LogP contribution >= 0.6 is 11.6 Å². The minimum Gasteiger partial charge on any atom is -0.493 e. The molecule has 0 saturated heterocycles. The Labute approximate surface area is 147 Å². The molecule has 2 aromatic rings. The van der Waals surface area contributed by atoms with E-state index in [0.717, 1.165) is 12.0 Å². The van der Waals surface area contributed by atoms with Crippen molar-refractivity contribution in [2.24, 2.45) is 0 Å². The van der Waals surface area contributed by atoms with Crippen molar-refractivity contribution in [2.75, 3.05) is 20.8 Å². The number of benzene rings is 2. The topological polar surface area (TPSA) is 38.8 Å². The molecule has 0 aliphatic carbocycles. The highest BCUT2D eigenvalue weighted by Crippen LogP contribution is 2.36. The van der Waals surface area contributed by atoms with E-state index in [1.165, 1.54) is 7.11 Å². The number of carbonyl (C=O) groups excluding carboxylic acids is 1. The number of hydrogen-bond donors (Lipinski definition) is 0. The van der Waals surface area contributed by atoms with Gasteiger partial charge in [0, 0.05) is 19.2 Å². The average molecular weight is 348 g/mol. The molecule has 24 heavy (non-hydrogen) atoms. The number of nitrogens with zero attached hydrogens (tertiary/aromatic N) is 1. The van der Waals surface area contributed by atoms with Gasteiger partial charge in [-0.2, -0.15) is 0 Å². The van der Waals surface area contributed by atoms with Crippen molar-refractivity contribution in [3.8, 4) is 11.5 Å². The van der Waals surface area contributed by atoms with E-state index in [1.807, 2.05) is 37.3 Å². The van der Waals surface area contributed by atoms with E-state index in [0.29, 0.717) is 35.2 Å². The van der Waals surface area contributed by atoms with E-state index in [1.54, 1.807) is 24.1 Å². The lowest BCUT2D eigenvalue weighted by Crippen LogP contribution is -2.26. The van der Waals surface area contributed by atoms with Gasteiger partial charge in [0.1, 0.15) is 0 Å². The first-order valence-electron chi connectivity index (χ1n) is 7.86. The van der Waals surface area contributed by atoms with Crippen molar-refractivity contribution < 1.29 is 14.3 Å². The summed E-state index contributed by atoms with van der Waals surface area (Å²) in [6.07, 6.45) is 0.861. The second-order valence-electron chi connectivity index (χ2n) is 5.48. The van der Waals surface area contributed by atoms with Crippen molar-refractivity contribution in [1.29, 1.82) is 0 Å². The van der Waals surface area contributed by atoms with E-state index in [9.17, 15) is 4.79 Å². The van der Waals surface area contributed by atoms with Gasteiger partial charge >= 0.3 is 0 Å². The summed E-state index contributed by atoms with van der Waals surface area (Å²) in [6, 6.07) is 13.1. The molecular formula is C19H22ClNO3. The smallest absolute Gasteiger partial charge is 0.254 e. The van der Waals surface area contributed by atoms with Crippen LogP contribution in [-0.2, 0) is 6.54 Å². The molecule has 0 spiro atoms. The predicted octanol–water partition coefficient (Wildman–Crippen LogP) is 4.41. The maximum atomic E-state index is 12.7. The lowest BCUT2D eigenvalue weighted by molar-refractivity contribution is 0.0784. The SMILES string of the molecule is CCCOc1c(Cl)cc(C(=O)N(C)Cc2ccccc2)cc1OC. The van der Waals surface area contributed by atoms with E-state index in [4.69, 9.17) is 21.1 Å². The molecule has 0 bridgehead atoms. The van der Waals surface area contributed by atoms with Crippen LogP contribution in [0.4, 0.5) is 0 Å². The Hall–Kier alpha value is -2.20. The standard InChI is InChI=1S/C19H22ClNO3/c1-4-10-24-18-16(20)11-15(12-17(18)23-3)19(22)21(2)13-14-8-6-5-7-9-14/h5-9,11-12H,4,10,13H2,1-3H3. The first kappa shape index (κ1) is 18.1. The Morgan fingerprint density at radius 2 is 1.92 bits per heavy atom. The molecule has 0 fully saturated rings. The summed E-state index contributed by atoms with van der Waals surface area (Å²) in [5.41, 5.74) is 1.54. The Morgan fingerprint density at radius 3 is 2.54 bits per heavy atom. The molecule has 0 radical (unpaired) electrons. The van der Waals surface area contributed by atoms with Gasteiger partial charge in [-0.15, -0.1) is 0 Å². The van der Waals surface area contributed by atoms with E-state index >= 15 is 0 Å². The molecule has 0 aliphatic rings. The van der Waals surface area contributed by atoms with Crippen LogP contribution in [-0.4, -0.2) is 31.6 Å². The molecule has 2 aromatic carbocycles. The Bertz CT molecular complexity index is 689. The van der Waals surface area contributed by atoms with Crippen molar-refractivity contribution >= 4 is 17.5 Å². The van der Waals surface area contributed by atoms with Crippen LogP contribution in [0.25, 0.3) is 0 Å². The molecule has 0 aliphatic heterocycles. The van der Waals surface area contributed by atoms with Gasteiger partial charge in [-0.1, -0.05) is 48.9 Å². The van der Waals surface area contributed by atoms with Crippen LogP contribution in [0.1, 0.15) is 29.3 Å². The largest absolute Gasteiger partial charge is 0.493 e. The second kappa shape index (κ2) is 8.60. The zero-order chi connectivity index (χ0) is 17.5. The van der Waals surface area contributed by atoms with Gasteiger partial charge in [0.2, 0.25) is 0 Å². The highest BCUT2D eigenvalue weighted by Gasteiger charge is 2.18. The molecule has 0 unspecified atom stereocenters. The molecule has 2 rings (SSSR count). The molecule has 0 saturated carbocycles. The van der Waals surface area contributed by atoms with Gasteiger partial charge in [-0.05, 0) is 24.1 Å². The molecule has 0 N–H and O–H groups in total. The fraction of sp³-hybridized carbons (Fsp3) is 0.316. The molecule has 5 heteroatoms. The monoisotopic (exact) mass is 347 g/mol. The quantitative estimate of drug-likeness (QED) is 0.744. The third-order valence-electron chi connectivity index (χ3n) is 3.54. The zero-order valence-electron chi connectivity index (χ0n) is 14.2. The molecule has 0 aromatic heterocycles. The molecule has 4 nitrogen and oxygen atoms in total. The normalized spacial score (nSPS) is 10.3. The lowest BCUT2D eigenvalue weighted by Gasteiger charge is -2.19. The summed E-state index contributed by atoms with van der Waals surface area (Å²) >= 11 is 6.28. The summed E-state index contributed by atoms with van der Waals surface area (Å²) in [4.78, 5) is 14.3. The van der Waals surface area contributed by atoms with Crippen LogP contribution in [0.5, 0.6) is 11.5 Å². The number of rotatable bonds is 7. The Morgan fingerprint density at radius 1 is 1.21 bits per heavy atom. The van der Waals surface area contributed by atoms with Gasteiger partial charge in [0.05, 0.1) is 18.7 Å². The number of halogens is 1. The van der Waals surface area contributed by atoms with Crippen LogP contribution < -0.4 is 9.47 Å². The van der Waals surface area contributed by atoms with E-state index in [2.05, 4.69) is 0 Å². The second-order valence-corrected chi connectivity index (χ2v) is 5.89. The number of carbonyl (C=O) groups is 1.